The third-order valence-electron chi connectivity index (χ3n) is 3.00. The molecule has 4 N–H and O–H groups in total. The van der Waals surface area contributed by atoms with Crippen LogP contribution >= 0.6 is 0 Å². The van der Waals surface area contributed by atoms with Gasteiger partial charge in [-0.15, -0.1) is 0 Å². The topological polar surface area (TPSA) is 111 Å². The van der Waals surface area contributed by atoms with E-state index in [-0.39, 0.29) is 6.42 Å². The Balaban J connectivity index is 3.19. The first-order valence-electron chi connectivity index (χ1n) is 6.05. The van der Waals surface area contributed by atoms with Crippen molar-refractivity contribution >= 4 is 25.3 Å². The lowest BCUT2D eigenvalue weighted by Crippen LogP contribution is -2.55. The number of aliphatic carboxylic acids is 1. The number of carboxylic acids is 1. The summed E-state index contributed by atoms with van der Waals surface area (Å²) in [6.45, 7) is 1.35. The third kappa shape index (κ3) is 3.81. The smallest absolute Gasteiger partial charge is 0.329 e. The van der Waals surface area contributed by atoms with Gasteiger partial charge in [-0.2, -0.15) is 0 Å². The highest BCUT2D eigenvalue weighted by molar-refractivity contribution is 6.34. The maximum Gasteiger partial charge on any atom is 0.329 e. The second-order valence-corrected chi connectivity index (χ2v) is 4.72. The zero-order valence-electron chi connectivity index (χ0n) is 12.1. The minimum atomic E-state index is -1.56. The monoisotopic (exact) mass is 292 g/mol. The number of hydrogen-bond acceptors (Lipinski definition) is 4. The molecule has 1 aromatic rings. The third-order valence-corrected chi connectivity index (χ3v) is 3.00. The van der Waals surface area contributed by atoms with E-state index >= 15 is 0 Å². The van der Waals surface area contributed by atoms with Gasteiger partial charge in [0.15, 0.2) is 11.5 Å². The molecule has 1 atom stereocenters. The molecule has 0 aliphatic carbocycles. The molecule has 0 bridgehead atoms. The van der Waals surface area contributed by atoms with Gasteiger partial charge in [-0.25, -0.2) is 9.59 Å². The SMILES string of the molecule is [B]c1cc(CC(C)(NC(N)=O)C(=O)O)cc(OC)c1OC. The molecule has 0 heterocycles. The molecule has 8 heteroatoms. The van der Waals surface area contributed by atoms with Crippen molar-refractivity contribution in [2.24, 2.45) is 5.73 Å². The first kappa shape index (κ1) is 16.7. The van der Waals surface area contributed by atoms with Gasteiger partial charge in [0.05, 0.1) is 14.2 Å². The van der Waals surface area contributed by atoms with E-state index in [1.165, 1.54) is 21.1 Å². The quantitative estimate of drug-likeness (QED) is 0.615. The van der Waals surface area contributed by atoms with Crippen LogP contribution in [-0.4, -0.2) is 44.7 Å². The average Bonchev–Trinajstić information content (AvgIpc) is 2.36. The van der Waals surface area contributed by atoms with Crippen LogP contribution in [-0.2, 0) is 11.2 Å². The van der Waals surface area contributed by atoms with Gasteiger partial charge in [-0.05, 0) is 18.6 Å². The van der Waals surface area contributed by atoms with Crippen LogP contribution in [0.1, 0.15) is 12.5 Å². The Kier molecular flexibility index (Phi) is 5.07. The highest BCUT2D eigenvalue weighted by atomic mass is 16.5. The molecule has 0 aromatic heterocycles. The molecule has 21 heavy (non-hydrogen) atoms. The molecule has 1 unspecified atom stereocenters. The summed E-state index contributed by atoms with van der Waals surface area (Å²) in [7, 11) is 8.73. The molecule has 1 rings (SSSR count). The van der Waals surface area contributed by atoms with Crippen LogP contribution in [0.15, 0.2) is 12.1 Å². The number of carbonyl (C=O) groups is 2. The first-order chi connectivity index (χ1) is 9.73. The van der Waals surface area contributed by atoms with Gasteiger partial charge in [0, 0.05) is 6.42 Å². The molecule has 0 saturated heterocycles. The summed E-state index contributed by atoms with van der Waals surface area (Å²) < 4.78 is 10.3. The maximum absolute atomic E-state index is 11.4. The number of amides is 2. The molecule has 0 saturated carbocycles. The van der Waals surface area contributed by atoms with Crippen molar-refractivity contribution in [2.75, 3.05) is 14.2 Å². The number of ether oxygens (including phenoxy) is 2. The summed E-state index contributed by atoms with van der Waals surface area (Å²) >= 11 is 0. The van der Waals surface area contributed by atoms with Gasteiger partial charge in [0.2, 0.25) is 0 Å². The van der Waals surface area contributed by atoms with Crippen LogP contribution in [0.5, 0.6) is 11.5 Å². The van der Waals surface area contributed by atoms with Crippen LogP contribution in [0.25, 0.3) is 0 Å². The van der Waals surface area contributed by atoms with Gasteiger partial charge in [-0.3, -0.25) is 0 Å². The fourth-order valence-electron chi connectivity index (χ4n) is 2.01. The summed E-state index contributed by atoms with van der Waals surface area (Å²) in [5.41, 5.74) is 4.32. The summed E-state index contributed by atoms with van der Waals surface area (Å²) in [5, 5.41) is 11.5. The molecule has 112 valence electrons. The lowest BCUT2D eigenvalue weighted by Gasteiger charge is -2.26. The predicted molar refractivity (Wildman–Crippen MR) is 77.4 cm³/mol. The van der Waals surface area contributed by atoms with Crippen molar-refractivity contribution in [3.63, 3.8) is 0 Å². The van der Waals surface area contributed by atoms with Crippen LogP contribution in [0.2, 0.25) is 0 Å². The van der Waals surface area contributed by atoms with Crippen molar-refractivity contribution in [3.05, 3.63) is 17.7 Å². The van der Waals surface area contributed by atoms with Crippen molar-refractivity contribution in [3.8, 4) is 11.5 Å². The molecule has 7 nitrogen and oxygen atoms in total. The van der Waals surface area contributed by atoms with E-state index in [4.69, 9.17) is 23.1 Å². The Labute approximate surface area is 123 Å². The zero-order valence-corrected chi connectivity index (χ0v) is 12.1. The molecule has 0 spiro atoms. The van der Waals surface area contributed by atoms with Crippen LogP contribution in [0, 0.1) is 0 Å². The Morgan fingerprint density at radius 1 is 1.38 bits per heavy atom. The molecular weight excluding hydrogens is 275 g/mol. The van der Waals surface area contributed by atoms with Gasteiger partial charge >= 0.3 is 12.0 Å². The van der Waals surface area contributed by atoms with Gasteiger partial charge in [-0.1, -0.05) is 11.5 Å². The first-order valence-corrected chi connectivity index (χ1v) is 6.05. The van der Waals surface area contributed by atoms with E-state index in [0.29, 0.717) is 22.5 Å². The second-order valence-electron chi connectivity index (χ2n) is 4.72. The highest BCUT2D eigenvalue weighted by Gasteiger charge is 2.35. The van der Waals surface area contributed by atoms with Crippen LogP contribution < -0.4 is 26.0 Å². The van der Waals surface area contributed by atoms with Crippen molar-refractivity contribution < 1.29 is 24.2 Å². The maximum atomic E-state index is 11.4. The van der Waals surface area contributed by atoms with Gasteiger partial charge in [0.25, 0.3) is 0 Å². The number of benzene rings is 1. The number of rotatable bonds is 6. The number of methoxy groups -OCH3 is 2. The molecule has 1 aromatic carbocycles. The van der Waals surface area contributed by atoms with Crippen molar-refractivity contribution in [1.29, 1.82) is 0 Å². The molecule has 2 radical (unpaired) electrons. The minimum absolute atomic E-state index is 0.0180. The number of urea groups is 1. The Morgan fingerprint density at radius 2 is 2.00 bits per heavy atom. The highest BCUT2D eigenvalue weighted by Crippen LogP contribution is 2.27. The lowest BCUT2D eigenvalue weighted by atomic mass is 9.87. The Morgan fingerprint density at radius 3 is 2.43 bits per heavy atom. The zero-order chi connectivity index (χ0) is 16.2. The number of nitrogens with two attached hydrogens (primary N) is 1. The summed E-state index contributed by atoms with van der Waals surface area (Å²) in [5.74, 6) is -0.477. The van der Waals surface area contributed by atoms with E-state index in [1.807, 2.05) is 0 Å². The Bertz CT molecular complexity index is 564. The molecule has 0 aliphatic rings. The van der Waals surface area contributed by atoms with Crippen molar-refractivity contribution in [1.82, 2.24) is 5.32 Å². The fourth-order valence-corrected chi connectivity index (χ4v) is 2.01. The molecule has 2 amide bonds. The van der Waals surface area contributed by atoms with E-state index in [1.54, 1.807) is 12.1 Å². The number of nitrogens with one attached hydrogen (secondary N) is 1. The predicted octanol–water partition coefficient (Wildman–Crippen LogP) is -0.448. The molecule has 0 fully saturated rings. The van der Waals surface area contributed by atoms with Crippen molar-refractivity contribution in [2.45, 2.75) is 18.9 Å². The largest absolute Gasteiger partial charge is 0.493 e. The standard InChI is InChI=1S/C13H17BN2O5/c1-13(11(17)18,16-12(15)19)6-7-4-8(14)10(21-3)9(5-7)20-2/h4-5H,6H2,1-3H3,(H,17,18)(H3,15,16,19). The summed E-state index contributed by atoms with van der Waals surface area (Å²) in [6.07, 6.45) is -0.0180. The minimum Gasteiger partial charge on any atom is -0.493 e. The fraction of sp³-hybridized carbons (Fsp3) is 0.385. The van der Waals surface area contributed by atoms with E-state index in [0.717, 1.165) is 0 Å². The number of carboxylic acid groups (broad SMARTS) is 1. The normalized spacial score (nSPS) is 13.1. The second kappa shape index (κ2) is 6.38. The summed E-state index contributed by atoms with van der Waals surface area (Å²) in [4.78, 5) is 22.3. The van der Waals surface area contributed by atoms with Crippen LogP contribution in [0.4, 0.5) is 4.79 Å². The number of primary amides is 1. The van der Waals surface area contributed by atoms with E-state index in [9.17, 15) is 14.7 Å². The summed E-state index contributed by atoms with van der Waals surface area (Å²) in [6, 6.07) is 2.23. The van der Waals surface area contributed by atoms with Gasteiger partial charge in [0.1, 0.15) is 13.4 Å². The average molecular weight is 292 g/mol. The van der Waals surface area contributed by atoms with E-state index in [2.05, 4.69) is 5.32 Å². The Hall–Kier alpha value is -2.38. The lowest BCUT2D eigenvalue weighted by molar-refractivity contribution is -0.143. The number of carbonyl (C=O) groups excluding carboxylic acids is 1. The van der Waals surface area contributed by atoms with E-state index < -0.39 is 17.5 Å². The van der Waals surface area contributed by atoms with Crippen LogP contribution in [0.3, 0.4) is 0 Å². The number of hydrogen-bond donors (Lipinski definition) is 3. The van der Waals surface area contributed by atoms with Gasteiger partial charge < -0.3 is 25.6 Å². The molecular formula is C13H17BN2O5. The molecule has 0 aliphatic heterocycles.